The summed E-state index contributed by atoms with van der Waals surface area (Å²) in [5, 5.41) is 6.75. The summed E-state index contributed by atoms with van der Waals surface area (Å²) in [4.78, 5) is 30.3. The van der Waals surface area contributed by atoms with Gasteiger partial charge in [-0.3, -0.25) is 24.8 Å². The van der Waals surface area contributed by atoms with E-state index < -0.39 is 0 Å². The van der Waals surface area contributed by atoms with Crippen LogP contribution in [0.1, 0.15) is 18.9 Å². The first-order valence-corrected chi connectivity index (χ1v) is 10.2. The molecule has 1 atom stereocenters. The lowest BCUT2D eigenvalue weighted by Crippen LogP contribution is -2.60. The van der Waals surface area contributed by atoms with Gasteiger partial charge in [0.2, 0.25) is 5.91 Å². The van der Waals surface area contributed by atoms with E-state index in [-0.39, 0.29) is 11.9 Å². The summed E-state index contributed by atoms with van der Waals surface area (Å²) < 4.78 is 7.13. The zero-order valence-electron chi connectivity index (χ0n) is 16.6. The molecule has 0 aliphatic carbocycles. The molecule has 0 bridgehead atoms. The molecule has 1 N–H and O–H groups in total. The van der Waals surface area contributed by atoms with Gasteiger partial charge in [-0.15, -0.1) is 0 Å². The van der Waals surface area contributed by atoms with E-state index >= 15 is 0 Å². The van der Waals surface area contributed by atoms with E-state index in [1.807, 2.05) is 6.20 Å². The average Bonchev–Trinajstić information content (AvgIpc) is 3.05. The number of nitrogens with zero attached hydrogens (tertiary/aromatic N) is 5. The number of aromatic nitrogens is 2. The molecule has 0 saturated carbocycles. The minimum absolute atomic E-state index is 0.231. The Morgan fingerprint density at radius 2 is 2.10 bits per heavy atom. The third kappa shape index (κ3) is 3.50. The second-order valence-electron chi connectivity index (χ2n) is 8.16. The smallest absolute Gasteiger partial charge is 0.328 e. The Kier molecular flexibility index (Phi) is 4.73. The third-order valence-electron chi connectivity index (χ3n) is 6.17. The Morgan fingerprint density at radius 3 is 2.83 bits per heavy atom. The van der Waals surface area contributed by atoms with Gasteiger partial charge in [0.05, 0.1) is 36.7 Å². The monoisotopic (exact) mass is 398 g/mol. The number of carbonyl (C=O) groups excluding carboxylic acids is 2. The zero-order valence-corrected chi connectivity index (χ0v) is 16.6. The minimum Gasteiger partial charge on any atom is -0.378 e. The molecule has 0 unspecified atom stereocenters. The molecular weight excluding hydrogens is 372 g/mol. The standard InChI is InChI=1S/C20H26N6O3/c1-14-10-23(6-7-24(14)16-12-29-13-16)11-15-2-5-26-17(8-15)18(9-21-26)25-4-3-19(27)22-20(25)28/h2,5,8-9,14,16H,3-4,6-7,10-13H2,1H3,(H,22,27,28)/t14-/m0/s1. The molecule has 0 radical (unpaired) electrons. The molecule has 3 aliphatic heterocycles. The number of urea groups is 1. The van der Waals surface area contributed by atoms with Gasteiger partial charge < -0.3 is 4.74 Å². The van der Waals surface area contributed by atoms with E-state index in [0.29, 0.717) is 25.0 Å². The van der Waals surface area contributed by atoms with Gasteiger partial charge >= 0.3 is 6.03 Å². The zero-order chi connectivity index (χ0) is 20.0. The number of pyridine rings is 1. The van der Waals surface area contributed by atoms with Crippen molar-refractivity contribution in [2.75, 3.05) is 44.3 Å². The Balaban J connectivity index is 1.31. The van der Waals surface area contributed by atoms with Gasteiger partial charge in [-0.05, 0) is 24.6 Å². The summed E-state index contributed by atoms with van der Waals surface area (Å²) in [5.74, 6) is -0.231. The highest BCUT2D eigenvalue weighted by atomic mass is 16.5. The number of rotatable bonds is 4. The van der Waals surface area contributed by atoms with Gasteiger partial charge in [0, 0.05) is 51.4 Å². The van der Waals surface area contributed by atoms with Gasteiger partial charge in [0.15, 0.2) is 0 Å². The van der Waals surface area contributed by atoms with Crippen LogP contribution in [0.25, 0.3) is 5.52 Å². The van der Waals surface area contributed by atoms with Crippen molar-refractivity contribution in [1.29, 1.82) is 0 Å². The molecule has 3 amide bonds. The molecule has 3 fully saturated rings. The molecule has 0 spiro atoms. The fraction of sp³-hybridized carbons (Fsp3) is 0.550. The number of hydrogen-bond acceptors (Lipinski definition) is 6. The van der Waals surface area contributed by atoms with E-state index in [0.717, 1.165) is 50.6 Å². The number of amides is 3. The number of fused-ring (bicyclic) bond motifs is 1. The predicted molar refractivity (Wildman–Crippen MR) is 107 cm³/mol. The molecule has 3 aliphatic rings. The summed E-state index contributed by atoms with van der Waals surface area (Å²) in [7, 11) is 0. The van der Waals surface area contributed by atoms with Crippen molar-refractivity contribution in [3.05, 3.63) is 30.1 Å². The quantitative estimate of drug-likeness (QED) is 0.816. The van der Waals surface area contributed by atoms with E-state index in [4.69, 9.17) is 4.74 Å². The second kappa shape index (κ2) is 7.40. The molecule has 5 heterocycles. The number of imide groups is 1. The first-order valence-electron chi connectivity index (χ1n) is 10.2. The summed E-state index contributed by atoms with van der Waals surface area (Å²) in [6, 6.07) is 4.90. The largest absolute Gasteiger partial charge is 0.378 e. The van der Waals surface area contributed by atoms with Crippen LogP contribution in [0.4, 0.5) is 10.5 Å². The molecule has 3 saturated heterocycles. The average molecular weight is 398 g/mol. The van der Waals surface area contributed by atoms with Gasteiger partial charge in [0.25, 0.3) is 0 Å². The lowest BCUT2D eigenvalue weighted by molar-refractivity contribution is -0.120. The van der Waals surface area contributed by atoms with Crippen LogP contribution in [0, 0.1) is 0 Å². The molecular formula is C20H26N6O3. The van der Waals surface area contributed by atoms with Gasteiger partial charge in [-0.1, -0.05) is 0 Å². The Labute approximate surface area is 169 Å². The number of nitrogens with one attached hydrogen (secondary N) is 1. The molecule has 9 nitrogen and oxygen atoms in total. The van der Waals surface area contributed by atoms with Crippen molar-refractivity contribution < 1.29 is 14.3 Å². The maximum atomic E-state index is 12.2. The summed E-state index contributed by atoms with van der Waals surface area (Å²) in [6.45, 7) is 8.39. The van der Waals surface area contributed by atoms with Crippen molar-refractivity contribution >= 4 is 23.1 Å². The summed E-state index contributed by atoms with van der Waals surface area (Å²) in [6.07, 6.45) is 3.93. The molecule has 2 aromatic rings. The highest BCUT2D eigenvalue weighted by Gasteiger charge is 2.33. The fourth-order valence-corrected chi connectivity index (χ4v) is 4.52. The first-order chi connectivity index (χ1) is 14.1. The van der Waals surface area contributed by atoms with Crippen molar-refractivity contribution in [3.63, 3.8) is 0 Å². The predicted octanol–water partition coefficient (Wildman–Crippen LogP) is 0.685. The van der Waals surface area contributed by atoms with Crippen LogP contribution in [-0.2, 0) is 16.1 Å². The number of piperazine rings is 1. The lowest BCUT2D eigenvalue weighted by Gasteiger charge is -2.46. The van der Waals surface area contributed by atoms with Gasteiger partial charge in [-0.2, -0.15) is 5.10 Å². The van der Waals surface area contributed by atoms with Crippen molar-refractivity contribution in [1.82, 2.24) is 24.7 Å². The lowest BCUT2D eigenvalue weighted by atomic mass is 10.1. The fourth-order valence-electron chi connectivity index (χ4n) is 4.52. The van der Waals surface area contributed by atoms with Gasteiger partial charge in [-0.25, -0.2) is 9.31 Å². The highest BCUT2D eigenvalue weighted by molar-refractivity contribution is 6.07. The maximum Gasteiger partial charge on any atom is 0.328 e. The summed E-state index contributed by atoms with van der Waals surface area (Å²) in [5.41, 5.74) is 2.81. The van der Waals surface area contributed by atoms with E-state index in [1.165, 1.54) is 5.56 Å². The molecule has 2 aromatic heterocycles. The van der Waals surface area contributed by atoms with Crippen LogP contribution < -0.4 is 10.2 Å². The van der Waals surface area contributed by atoms with Crippen molar-refractivity contribution in [2.45, 2.75) is 32.0 Å². The molecule has 29 heavy (non-hydrogen) atoms. The van der Waals surface area contributed by atoms with Crippen molar-refractivity contribution in [3.8, 4) is 0 Å². The minimum atomic E-state index is -0.383. The summed E-state index contributed by atoms with van der Waals surface area (Å²) >= 11 is 0. The van der Waals surface area contributed by atoms with Crippen LogP contribution in [0.3, 0.4) is 0 Å². The van der Waals surface area contributed by atoms with Crippen LogP contribution in [0.15, 0.2) is 24.5 Å². The van der Waals surface area contributed by atoms with Crippen molar-refractivity contribution in [2.24, 2.45) is 0 Å². The number of anilines is 1. The van der Waals surface area contributed by atoms with E-state index in [9.17, 15) is 9.59 Å². The first kappa shape index (κ1) is 18.5. The third-order valence-corrected chi connectivity index (χ3v) is 6.17. The van der Waals surface area contributed by atoms with Gasteiger partial charge in [0.1, 0.15) is 0 Å². The Bertz CT molecular complexity index is 939. The normalized spacial score (nSPS) is 24.7. The SMILES string of the molecule is C[C@H]1CN(Cc2ccn3ncc(N4CCC(=O)NC4=O)c3c2)CCN1C1COC1. The van der Waals surface area contributed by atoms with Crippen LogP contribution in [0.5, 0.6) is 0 Å². The molecule has 5 rings (SSSR count). The highest BCUT2D eigenvalue weighted by Crippen LogP contribution is 2.25. The van der Waals surface area contributed by atoms with E-state index in [1.54, 1.807) is 15.6 Å². The number of hydrogen-bond donors (Lipinski definition) is 1. The molecule has 9 heteroatoms. The van der Waals surface area contributed by atoms with Crippen LogP contribution in [0.2, 0.25) is 0 Å². The second-order valence-corrected chi connectivity index (χ2v) is 8.16. The topological polar surface area (TPSA) is 82.4 Å². The van der Waals surface area contributed by atoms with Crippen LogP contribution in [-0.4, -0.2) is 82.8 Å². The number of ether oxygens (including phenoxy) is 1. The van der Waals surface area contributed by atoms with Crippen LogP contribution >= 0.6 is 0 Å². The Morgan fingerprint density at radius 1 is 1.24 bits per heavy atom. The molecule has 0 aromatic carbocycles. The Hall–Kier alpha value is -2.49. The van der Waals surface area contributed by atoms with E-state index in [2.05, 4.69) is 39.3 Å². The molecule has 154 valence electrons. The number of carbonyl (C=O) groups is 2. The maximum absolute atomic E-state index is 12.2.